The highest BCUT2D eigenvalue weighted by Gasteiger charge is 2.30. The number of sulfonamides is 1. The third-order valence-electron chi connectivity index (χ3n) is 6.36. The molecule has 216 valence electrons. The van der Waals surface area contributed by atoms with Gasteiger partial charge < -0.3 is 15.7 Å². The lowest BCUT2D eigenvalue weighted by Crippen LogP contribution is -2.48. The first-order valence-electron chi connectivity index (χ1n) is 12.9. The largest absolute Gasteiger partial charge is 0.416 e. The molecule has 0 unspecified atom stereocenters. The topological polar surface area (TPSA) is 98.7 Å². The van der Waals surface area contributed by atoms with Gasteiger partial charge in [-0.2, -0.15) is 13.2 Å². The zero-order valence-corrected chi connectivity index (χ0v) is 23.2. The number of aliphatic hydroxyl groups is 1. The van der Waals surface area contributed by atoms with E-state index in [1.165, 1.54) is 41.7 Å². The molecule has 3 aromatic carbocycles. The number of benzene rings is 3. The zero-order chi connectivity index (χ0) is 29.3. The average molecular weight is 578 g/mol. The maximum Gasteiger partial charge on any atom is 0.416 e. The number of aliphatic hydroxyl groups excluding tert-OH is 1. The highest BCUT2D eigenvalue weighted by molar-refractivity contribution is 7.89. The number of carbonyl (C=O) groups is 1. The Morgan fingerprint density at radius 1 is 0.975 bits per heavy atom. The van der Waals surface area contributed by atoms with Gasteiger partial charge in [0, 0.05) is 32.2 Å². The summed E-state index contributed by atoms with van der Waals surface area (Å²) in [5.41, 5.74) is 0.610. The van der Waals surface area contributed by atoms with E-state index >= 15 is 0 Å². The van der Waals surface area contributed by atoms with Crippen LogP contribution >= 0.6 is 0 Å². The van der Waals surface area contributed by atoms with Crippen molar-refractivity contribution in [3.63, 3.8) is 0 Å². The van der Waals surface area contributed by atoms with E-state index in [0.717, 1.165) is 17.7 Å². The summed E-state index contributed by atoms with van der Waals surface area (Å²) in [4.78, 5) is 13.2. The van der Waals surface area contributed by atoms with E-state index in [-0.39, 0.29) is 30.0 Å². The third kappa shape index (κ3) is 8.62. The Hall–Kier alpha value is -3.25. The molecule has 0 aliphatic heterocycles. The molecule has 0 aliphatic carbocycles. The molecule has 3 aromatic rings. The Kier molecular flexibility index (Phi) is 10.9. The molecular formula is C29H34F3N3O4S. The quantitative estimate of drug-likeness (QED) is 0.283. The molecule has 3 rings (SSSR count). The van der Waals surface area contributed by atoms with Crippen LogP contribution in [0, 0.1) is 0 Å². The first kappa shape index (κ1) is 31.3. The highest BCUT2D eigenvalue weighted by Crippen LogP contribution is 2.29. The lowest BCUT2D eigenvalue weighted by molar-refractivity contribution is -0.137. The predicted molar refractivity (Wildman–Crippen MR) is 147 cm³/mol. The third-order valence-corrected chi connectivity index (χ3v) is 8.21. The van der Waals surface area contributed by atoms with Crippen molar-refractivity contribution in [2.75, 3.05) is 20.1 Å². The van der Waals surface area contributed by atoms with Crippen LogP contribution in [-0.4, -0.2) is 56.0 Å². The Balaban J connectivity index is 1.74. The van der Waals surface area contributed by atoms with Gasteiger partial charge in [0.25, 0.3) is 5.91 Å². The molecule has 0 saturated carbocycles. The first-order valence-corrected chi connectivity index (χ1v) is 14.3. The molecule has 0 bridgehead atoms. The lowest BCUT2D eigenvalue weighted by Gasteiger charge is -2.25. The number of nitrogens with zero attached hydrogens (tertiary/aromatic N) is 1. The van der Waals surface area contributed by atoms with Crippen LogP contribution in [0.5, 0.6) is 0 Å². The molecule has 0 spiro atoms. The second-order valence-electron chi connectivity index (χ2n) is 9.52. The minimum atomic E-state index is -4.46. The lowest BCUT2D eigenvalue weighted by atomic mass is 10.0. The molecule has 0 fully saturated rings. The van der Waals surface area contributed by atoms with Crippen LogP contribution in [0.4, 0.5) is 13.2 Å². The Labute approximate surface area is 233 Å². The molecule has 0 heterocycles. The fourth-order valence-corrected chi connectivity index (χ4v) is 5.49. The molecule has 7 nitrogen and oxygen atoms in total. The SMILES string of the molecule is CCCN(C)S(=O)(=O)c1cccc(C(=O)N[C@@H](Cc2ccccc2)[C@H](O)CNCc2cccc(C(F)(F)F)c2)c1. The van der Waals surface area contributed by atoms with Gasteiger partial charge in [0.15, 0.2) is 0 Å². The van der Waals surface area contributed by atoms with Gasteiger partial charge in [-0.05, 0) is 48.2 Å². The van der Waals surface area contributed by atoms with Crippen molar-refractivity contribution in [1.29, 1.82) is 0 Å². The fraction of sp³-hybridized carbons (Fsp3) is 0.345. The first-order chi connectivity index (χ1) is 18.9. The van der Waals surface area contributed by atoms with Gasteiger partial charge in [0.05, 0.1) is 22.6 Å². The Bertz CT molecular complexity index is 1370. The molecule has 0 aliphatic rings. The second-order valence-corrected chi connectivity index (χ2v) is 11.6. The smallest absolute Gasteiger partial charge is 0.390 e. The monoisotopic (exact) mass is 577 g/mol. The Morgan fingerprint density at radius 3 is 2.33 bits per heavy atom. The molecule has 0 saturated heterocycles. The number of carbonyl (C=O) groups excluding carboxylic acids is 1. The van der Waals surface area contributed by atoms with Crippen molar-refractivity contribution in [2.24, 2.45) is 0 Å². The molecule has 1 amide bonds. The van der Waals surface area contributed by atoms with Gasteiger partial charge >= 0.3 is 6.18 Å². The summed E-state index contributed by atoms with van der Waals surface area (Å²) < 4.78 is 66.0. The summed E-state index contributed by atoms with van der Waals surface area (Å²) in [5.74, 6) is -0.562. The molecule has 0 radical (unpaired) electrons. The average Bonchev–Trinajstić information content (AvgIpc) is 2.93. The van der Waals surface area contributed by atoms with Crippen molar-refractivity contribution in [2.45, 2.75) is 49.5 Å². The Morgan fingerprint density at radius 2 is 1.65 bits per heavy atom. The summed E-state index contributed by atoms with van der Waals surface area (Å²) in [5, 5.41) is 16.7. The number of nitrogens with one attached hydrogen (secondary N) is 2. The van der Waals surface area contributed by atoms with Crippen LogP contribution in [0.15, 0.2) is 83.8 Å². The minimum absolute atomic E-state index is 0.00967. The maximum absolute atomic E-state index is 13.2. The van der Waals surface area contributed by atoms with Crippen LogP contribution in [0.3, 0.4) is 0 Å². The number of rotatable bonds is 13. The molecule has 2 atom stereocenters. The number of alkyl halides is 3. The van der Waals surface area contributed by atoms with Crippen LogP contribution in [0.1, 0.15) is 40.4 Å². The number of halogens is 3. The van der Waals surface area contributed by atoms with Gasteiger partial charge in [0.1, 0.15) is 0 Å². The standard InChI is InChI=1S/C29H34F3N3O4S/c1-3-15-35(2)40(38,39)25-14-8-12-23(18-25)28(37)34-26(17-21-9-5-4-6-10-21)27(36)20-33-19-22-11-7-13-24(16-22)29(30,31)32/h4-14,16,18,26-27,33,36H,3,15,17,19-20H2,1-2H3,(H,34,37)/t26-,27+/m0/s1. The summed E-state index contributed by atoms with van der Waals surface area (Å²) in [6.07, 6.45) is -4.65. The van der Waals surface area contributed by atoms with Gasteiger partial charge in [-0.15, -0.1) is 0 Å². The number of hydrogen-bond donors (Lipinski definition) is 3. The van der Waals surface area contributed by atoms with Crippen LogP contribution < -0.4 is 10.6 Å². The van der Waals surface area contributed by atoms with Gasteiger partial charge in [0.2, 0.25) is 10.0 Å². The molecule has 40 heavy (non-hydrogen) atoms. The number of amides is 1. The van der Waals surface area contributed by atoms with Crippen molar-refractivity contribution >= 4 is 15.9 Å². The summed E-state index contributed by atoms with van der Waals surface area (Å²) in [7, 11) is -2.30. The predicted octanol–water partition coefficient (Wildman–Crippen LogP) is 4.23. The summed E-state index contributed by atoms with van der Waals surface area (Å²) in [6.45, 7) is 2.27. The summed E-state index contributed by atoms with van der Waals surface area (Å²) >= 11 is 0. The normalized spacial score (nSPS) is 13.7. The van der Waals surface area contributed by atoms with E-state index in [4.69, 9.17) is 0 Å². The van der Waals surface area contributed by atoms with Crippen molar-refractivity contribution in [1.82, 2.24) is 14.9 Å². The zero-order valence-electron chi connectivity index (χ0n) is 22.4. The maximum atomic E-state index is 13.2. The van der Waals surface area contributed by atoms with E-state index in [2.05, 4.69) is 10.6 Å². The molecular weight excluding hydrogens is 543 g/mol. The van der Waals surface area contributed by atoms with Gasteiger partial charge in [-0.1, -0.05) is 61.5 Å². The molecule has 3 N–H and O–H groups in total. The van der Waals surface area contributed by atoms with Crippen molar-refractivity contribution < 1.29 is 31.5 Å². The van der Waals surface area contributed by atoms with Gasteiger partial charge in [-0.3, -0.25) is 4.79 Å². The fourth-order valence-electron chi connectivity index (χ4n) is 4.18. The van der Waals surface area contributed by atoms with E-state index in [1.54, 1.807) is 6.07 Å². The van der Waals surface area contributed by atoms with Crippen LogP contribution in [0.2, 0.25) is 0 Å². The highest BCUT2D eigenvalue weighted by atomic mass is 32.2. The van der Waals surface area contributed by atoms with E-state index in [0.29, 0.717) is 18.5 Å². The van der Waals surface area contributed by atoms with Crippen LogP contribution in [-0.2, 0) is 29.2 Å². The molecule has 0 aromatic heterocycles. The van der Waals surface area contributed by atoms with E-state index in [1.807, 2.05) is 37.3 Å². The van der Waals surface area contributed by atoms with E-state index in [9.17, 15) is 31.5 Å². The van der Waals surface area contributed by atoms with Gasteiger partial charge in [-0.25, -0.2) is 12.7 Å². The van der Waals surface area contributed by atoms with Crippen molar-refractivity contribution in [3.8, 4) is 0 Å². The second kappa shape index (κ2) is 13.9. The van der Waals surface area contributed by atoms with Crippen LogP contribution in [0.25, 0.3) is 0 Å². The summed E-state index contributed by atoms with van der Waals surface area (Å²) in [6, 6.07) is 19.0. The van der Waals surface area contributed by atoms with E-state index < -0.39 is 39.8 Å². The van der Waals surface area contributed by atoms with Crippen molar-refractivity contribution in [3.05, 3.63) is 101 Å². The minimum Gasteiger partial charge on any atom is -0.390 e. The number of hydrogen-bond acceptors (Lipinski definition) is 5. The molecule has 11 heteroatoms.